The number of carbonyl (C=O) groups excluding carboxylic acids is 1. The summed E-state index contributed by atoms with van der Waals surface area (Å²) in [7, 11) is -2.64. The lowest BCUT2D eigenvalue weighted by molar-refractivity contribution is -0.0152. The van der Waals surface area contributed by atoms with Gasteiger partial charge in [0.2, 0.25) is 0 Å². The van der Waals surface area contributed by atoms with E-state index in [-0.39, 0.29) is 10.1 Å². The largest absolute Gasteiger partial charge is 0.457 e. The van der Waals surface area contributed by atoms with E-state index < -0.39 is 31.9 Å². The molecule has 0 spiro atoms. The lowest BCUT2D eigenvalue weighted by Gasteiger charge is -2.55. The van der Waals surface area contributed by atoms with Crippen molar-refractivity contribution in [2.45, 2.75) is 116 Å². The first-order valence-corrected chi connectivity index (χ1v) is 16.5. The lowest BCUT2D eigenvalue weighted by atomic mass is 9.93. The predicted octanol–water partition coefficient (Wildman–Crippen LogP) is 8.21. The quantitative estimate of drug-likeness (QED) is 0.304. The second kappa shape index (κ2) is 12.5. The fourth-order valence-electron chi connectivity index (χ4n) is 5.68. The van der Waals surface area contributed by atoms with Crippen LogP contribution in [-0.4, -0.2) is 44.1 Å². The molecule has 1 aliphatic rings. The van der Waals surface area contributed by atoms with E-state index in [0.29, 0.717) is 25.4 Å². The zero-order valence-electron chi connectivity index (χ0n) is 26.7. The van der Waals surface area contributed by atoms with Crippen molar-refractivity contribution in [2.75, 3.05) is 13.2 Å². The van der Waals surface area contributed by atoms with Gasteiger partial charge >= 0.3 is 14.7 Å². The number of aliphatic hydroxyl groups is 1. The molecule has 41 heavy (non-hydrogen) atoms. The van der Waals surface area contributed by atoms with Gasteiger partial charge in [0, 0.05) is 10.1 Å². The van der Waals surface area contributed by atoms with Crippen molar-refractivity contribution >= 4 is 14.7 Å². The molecule has 1 heterocycles. The van der Waals surface area contributed by atoms with Crippen LogP contribution >= 0.6 is 0 Å². The van der Waals surface area contributed by atoms with Crippen molar-refractivity contribution in [1.29, 1.82) is 0 Å². The minimum Gasteiger partial charge on any atom is -0.457 e. The molecule has 228 valence electrons. The van der Waals surface area contributed by atoms with E-state index in [1.54, 1.807) is 6.92 Å². The SMILES string of the molecule is CC(O)c1cccc(Oc2ccc(CCCC3(NC(=O)OC(C)(C)C)CO[Si](C(C)(C)C)(C(C)(C)C)OC3)cc2)c1. The standard InChI is InChI=1S/C33H51NO6Si/c1-24(35)26-14-11-15-28(21-26)39-27-18-16-25(17-19-27)13-12-20-33(34-29(36)40-30(2,3)4)22-37-41(38-23-33,31(5,6)7)32(8,9)10/h11,14-19,21,24,35H,12-13,20,22-23H2,1-10H3,(H,34,36). The molecule has 0 bridgehead atoms. The van der Waals surface area contributed by atoms with Crippen molar-refractivity contribution < 1.29 is 28.2 Å². The molecule has 7 nitrogen and oxygen atoms in total. The minimum atomic E-state index is -2.64. The number of hydrogen-bond acceptors (Lipinski definition) is 6. The summed E-state index contributed by atoms with van der Waals surface area (Å²) >= 11 is 0. The Hall–Kier alpha value is -2.39. The third-order valence-corrected chi connectivity index (χ3v) is 12.5. The highest BCUT2D eigenvalue weighted by Crippen LogP contribution is 2.54. The number of aliphatic hydroxyl groups excluding tert-OH is 1. The van der Waals surface area contributed by atoms with Gasteiger partial charge in [0.05, 0.1) is 24.9 Å². The first-order chi connectivity index (χ1) is 18.8. The average molecular weight is 586 g/mol. The second-order valence-electron chi connectivity index (χ2n) is 14.4. The average Bonchev–Trinajstić information content (AvgIpc) is 2.83. The van der Waals surface area contributed by atoms with Gasteiger partial charge in [0.1, 0.15) is 17.1 Å². The Morgan fingerprint density at radius 1 is 0.951 bits per heavy atom. The number of amides is 1. The molecule has 0 radical (unpaired) electrons. The number of ether oxygens (including phenoxy) is 2. The first-order valence-electron chi connectivity index (χ1n) is 14.7. The lowest BCUT2D eigenvalue weighted by Crippen LogP contribution is -2.69. The van der Waals surface area contributed by atoms with Crippen LogP contribution in [-0.2, 0) is 20.0 Å². The molecule has 1 aliphatic heterocycles. The summed E-state index contributed by atoms with van der Waals surface area (Å²) in [6.45, 7) is 21.3. The minimum absolute atomic E-state index is 0.134. The maximum Gasteiger partial charge on any atom is 0.408 e. The topological polar surface area (TPSA) is 86.3 Å². The van der Waals surface area contributed by atoms with E-state index in [4.69, 9.17) is 18.3 Å². The maximum atomic E-state index is 12.9. The van der Waals surface area contributed by atoms with Crippen molar-refractivity contribution in [3.8, 4) is 11.5 Å². The molecule has 0 aliphatic carbocycles. The van der Waals surface area contributed by atoms with Gasteiger partial charge in [-0.05, 0) is 82.3 Å². The third-order valence-electron chi connectivity index (χ3n) is 7.46. The van der Waals surface area contributed by atoms with Gasteiger partial charge in [0.25, 0.3) is 0 Å². The summed E-state index contributed by atoms with van der Waals surface area (Å²) < 4.78 is 25.1. The van der Waals surface area contributed by atoms with Gasteiger partial charge in [0.15, 0.2) is 0 Å². The van der Waals surface area contributed by atoms with Crippen molar-refractivity contribution in [3.05, 3.63) is 59.7 Å². The van der Waals surface area contributed by atoms with Crippen LogP contribution < -0.4 is 10.1 Å². The molecule has 1 fully saturated rings. The number of benzene rings is 2. The Morgan fingerprint density at radius 2 is 1.54 bits per heavy atom. The summed E-state index contributed by atoms with van der Waals surface area (Å²) in [5.74, 6) is 1.42. The van der Waals surface area contributed by atoms with Crippen molar-refractivity contribution in [2.24, 2.45) is 0 Å². The Labute approximate surface area is 248 Å². The summed E-state index contributed by atoms with van der Waals surface area (Å²) in [6.07, 6.45) is 1.35. The summed E-state index contributed by atoms with van der Waals surface area (Å²) in [5.41, 5.74) is 0.716. The molecule has 2 aromatic rings. The number of aryl methyl sites for hydroxylation is 1. The fraction of sp³-hybridized carbons (Fsp3) is 0.606. The van der Waals surface area contributed by atoms with Crippen LogP contribution in [0.1, 0.15) is 99.3 Å². The van der Waals surface area contributed by atoms with Crippen LogP contribution in [0.5, 0.6) is 11.5 Å². The highest BCUT2D eigenvalue weighted by Gasteiger charge is 2.62. The summed E-state index contributed by atoms with van der Waals surface area (Å²) in [6, 6.07) is 15.5. The third kappa shape index (κ3) is 8.57. The van der Waals surface area contributed by atoms with Crippen LogP contribution in [0, 0.1) is 0 Å². The first kappa shape index (κ1) is 33.1. The highest BCUT2D eigenvalue weighted by molar-refractivity contribution is 6.73. The molecule has 1 saturated heterocycles. The van der Waals surface area contributed by atoms with Crippen molar-refractivity contribution in [3.63, 3.8) is 0 Å². The molecule has 0 aromatic heterocycles. The monoisotopic (exact) mass is 585 g/mol. The van der Waals surface area contributed by atoms with Gasteiger partial charge in [-0.1, -0.05) is 65.8 Å². The maximum absolute atomic E-state index is 12.9. The number of alkyl carbamates (subject to hydrolysis) is 1. The summed E-state index contributed by atoms with van der Waals surface area (Å²) in [5, 5.41) is 12.7. The molecule has 1 atom stereocenters. The van der Waals surface area contributed by atoms with E-state index in [0.717, 1.165) is 24.2 Å². The molecule has 2 aromatic carbocycles. The Morgan fingerprint density at radius 3 is 2.05 bits per heavy atom. The number of carbonyl (C=O) groups is 1. The van der Waals surface area contributed by atoms with E-state index in [9.17, 15) is 9.90 Å². The summed E-state index contributed by atoms with van der Waals surface area (Å²) in [4.78, 5) is 12.9. The van der Waals surface area contributed by atoms with Gasteiger partial charge in [-0.25, -0.2) is 4.79 Å². The Balaban J connectivity index is 1.69. The van der Waals surface area contributed by atoms with Crippen LogP contribution in [0.25, 0.3) is 0 Å². The fourth-order valence-corrected chi connectivity index (χ4v) is 10.7. The van der Waals surface area contributed by atoms with E-state index in [2.05, 4.69) is 59.0 Å². The van der Waals surface area contributed by atoms with Crippen LogP contribution in [0.2, 0.25) is 10.1 Å². The van der Waals surface area contributed by atoms with Gasteiger partial charge in [-0.2, -0.15) is 0 Å². The molecule has 1 amide bonds. The van der Waals surface area contributed by atoms with Crippen molar-refractivity contribution in [1.82, 2.24) is 5.32 Å². The second-order valence-corrected chi connectivity index (χ2v) is 19.3. The molecule has 2 N–H and O–H groups in total. The molecular weight excluding hydrogens is 534 g/mol. The zero-order valence-corrected chi connectivity index (χ0v) is 27.7. The number of hydrogen-bond donors (Lipinski definition) is 2. The van der Waals surface area contributed by atoms with E-state index in [1.165, 1.54) is 5.56 Å². The predicted molar refractivity (Wildman–Crippen MR) is 166 cm³/mol. The zero-order chi connectivity index (χ0) is 30.7. The molecule has 3 rings (SSSR count). The molecule has 8 heteroatoms. The van der Waals surface area contributed by atoms with Gasteiger partial charge < -0.3 is 28.7 Å². The van der Waals surface area contributed by atoms with Crippen LogP contribution in [0.4, 0.5) is 4.79 Å². The van der Waals surface area contributed by atoms with E-state index in [1.807, 2.05) is 57.2 Å². The smallest absolute Gasteiger partial charge is 0.408 e. The van der Waals surface area contributed by atoms with E-state index >= 15 is 0 Å². The van der Waals surface area contributed by atoms with Crippen LogP contribution in [0.15, 0.2) is 48.5 Å². The normalized spacial score (nSPS) is 17.9. The Kier molecular flexibility index (Phi) is 10.1. The molecule has 0 saturated carbocycles. The van der Waals surface area contributed by atoms with Crippen LogP contribution in [0.3, 0.4) is 0 Å². The number of nitrogens with one attached hydrogen (secondary N) is 1. The Bertz CT molecular complexity index is 1130. The molecule has 1 unspecified atom stereocenters. The van der Waals surface area contributed by atoms with Gasteiger partial charge in [-0.15, -0.1) is 0 Å². The molecular formula is C33H51NO6Si. The number of rotatable bonds is 8. The van der Waals surface area contributed by atoms with Gasteiger partial charge in [-0.3, -0.25) is 0 Å². The highest BCUT2D eigenvalue weighted by atomic mass is 28.4.